The van der Waals surface area contributed by atoms with Crippen molar-refractivity contribution in [3.63, 3.8) is 0 Å². The average Bonchev–Trinajstić information content (AvgIpc) is 2.66. The monoisotopic (exact) mass is 384 g/mol. The molecule has 0 heterocycles. The summed E-state index contributed by atoms with van der Waals surface area (Å²) in [7, 11) is 3.95. The van der Waals surface area contributed by atoms with Crippen LogP contribution in [0.5, 0.6) is 0 Å². The van der Waals surface area contributed by atoms with E-state index in [-0.39, 0.29) is 11.4 Å². The Balaban J connectivity index is 1.80. The minimum Gasteiger partial charge on any atom is -0.378 e. The number of hydrogen-bond donors (Lipinski definition) is 2. The van der Waals surface area contributed by atoms with Crippen molar-refractivity contribution in [3.8, 4) is 0 Å². The largest absolute Gasteiger partial charge is 0.378 e. The number of nitrogens with one attached hydrogen (secondary N) is 2. The molecule has 0 bridgehead atoms. The van der Waals surface area contributed by atoms with Crippen molar-refractivity contribution in [2.75, 3.05) is 30.9 Å². The van der Waals surface area contributed by atoms with Crippen molar-refractivity contribution in [2.45, 2.75) is 19.8 Å². The summed E-state index contributed by atoms with van der Waals surface area (Å²) in [6.45, 7) is 2.05. The molecule has 0 aromatic heterocycles. The first-order chi connectivity index (χ1) is 13.3. The van der Waals surface area contributed by atoms with Gasteiger partial charge in [-0.25, -0.2) is 0 Å². The Labute approximate surface area is 163 Å². The standard InChI is InChI=1S/C20H24N4O4/c1-14-6-9-17(24(27)28)13-18(14)22-20(26)19(25)21-12-4-5-15-7-10-16(11-8-15)23(2)3/h6-11,13H,4-5,12H2,1-3H3,(H,21,25)(H,22,26). The molecule has 2 aromatic rings. The second-order valence-corrected chi connectivity index (χ2v) is 6.63. The lowest BCUT2D eigenvalue weighted by Crippen LogP contribution is -2.36. The molecule has 28 heavy (non-hydrogen) atoms. The fraction of sp³-hybridized carbons (Fsp3) is 0.300. The van der Waals surface area contributed by atoms with E-state index >= 15 is 0 Å². The van der Waals surface area contributed by atoms with Crippen molar-refractivity contribution < 1.29 is 14.5 Å². The van der Waals surface area contributed by atoms with Crippen LogP contribution in [-0.2, 0) is 16.0 Å². The smallest absolute Gasteiger partial charge is 0.313 e. The fourth-order valence-electron chi connectivity index (χ4n) is 2.57. The number of rotatable bonds is 7. The van der Waals surface area contributed by atoms with Crippen LogP contribution in [0.15, 0.2) is 42.5 Å². The van der Waals surface area contributed by atoms with Crippen molar-refractivity contribution in [1.29, 1.82) is 0 Å². The van der Waals surface area contributed by atoms with Gasteiger partial charge in [-0.05, 0) is 43.0 Å². The van der Waals surface area contributed by atoms with E-state index in [1.54, 1.807) is 6.92 Å². The first-order valence-electron chi connectivity index (χ1n) is 8.88. The molecule has 0 aliphatic heterocycles. The third kappa shape index (κ3) is 5.80. The predicted molar refractivity (Wildman–Crippen MR) is 109 cm³/mol. The van der Waals surface area contributed by atoms with E-state index in [0.29, 0.717) is 18.5 Å². The number of nitro groups is 1. The van der Waals surface area contributed by atoms with Crippen LogP contribution in [-0.4, -0.2) is 37.4 Å². The van der Waals surface area contributed by atoms with Crippen LogP contribution in [0.1, 0.15) is 17.5 Å². The Hall–Kier alpha value is -3.42. The van der Waals surface area contributed by atoms with E-state index in [2.05, 4.69) is 10.6 Å². The lowest BCUT2D eigenvalue weighted by molar-refractivity contribution is -0.384. The molecule has 2 aromatic carbocycles. The first kappa shape index (κ1) is 20.9. The second-order valence-electron chi connectivity index (χ2n) is 6.63. The van der Waals surface area contributed by atoms with E-state index in [9.17, 15) is 19.7 Å². The predicted octanol–water partition coefficient (Wildman–Crippen LogP) is 2.66. The third-order valence-electron chi connectivity index (χ3n) is 4.27. The van der Waals surface area contributed by atoms with Crippen LogP contribution in [0.2, 0.25) is 0 Å². The number of nitro benzene ring substituents is 1. The summed E-state index contributed by atoms with van der Waals surface area (Å²) in [6.07, 6.45) is 1.47. The molecule has 0 unspecified atom stereocenters. The minimum atomic E-state index is -0.848. The molecule has 8 heteroatoms. The van der Waals surface area contributed by atoms with Crippen LogP contribution < -0.4 is 15.5 Å². The Kier molecular flexibility index (Phi) is 7.08. The van der Waals surface area contributed by atoms with Gasteiger partial charge in [-0.2, -0.15) is 0 Å². The first-order valence-corrected chi connectivity index (χ1v) is 8.88. The molecule has 0 spiro atoms. The normalized spacial score (nSPS) is 10.2. The molecule has 2 amide bonds. The number of benzene rings is 2. The highest BCUT2D eigenvalue weighted by atomic mass is 16.6. The number of nitrogens with zero attached hydrogens (tertiary/aromatic N) is 2. The zero-order valence-electron chi connectivity index (χ0n) is 16.2. The number of aryl methyl sites for hydroxylation is 2. The topological polar surface area (TPSA) is 105 Å². The van der Waals surface area contributed by atoms with Gasteiger partial charge < -0.3 is 15.5 Å². The summed E-state index contributed by atoms with van der Waals surface area (Å²) < 4.78 is 0. The maximum atomic E-state index is 12.0. The Morgan fingerprint density at radius 2 is 1.75 bits per heavy atom. The molecular formula is C20H24N4O4. The lowest BCUT2D eigenvalue weighted by Gasteiger charge is -2.12. The quantitative estimate of drug-likeness (QED) is 0.330. The molecule has 0 atom stereocenters. The van der Waals surface area contributed by atoms with Crippen molar-refractivity contribution in [3.05, 3.63) is 63.7 Å². The summed E-state index contributed by atoms with van der Waals surface area (Å²) in [5, 5.41) is 15.8. The van der Waals surface area contributed by atoms with Gasteiger partial charge in [0.2, 0.25) is 0 Å². The van der Waals surface area contributed by atoms with Crippen LogP contribution in [0.25, 0.3) is 0 Å². The molecule has 0 aliphatic rings. The van der Waals surface area contributed by atoms with Crippen molar-refractivity contribution in [2.24, 2.45) is 0 Å². The maximum absolute atomic E-state index is 12.0. The summed E-state index contributed by atoms with van der Waals surface area (Å²) in [5.41, 5.74) is 2.99. The van der Waals surface area contributed by atoms with E-state index in [1.807, 2.05) is 43.3 Å². The summed E-state index contributed by atoms with van der Waals surface area (Å²) >= 11 is 0. The molecule has 2 rings (SSSR count). The SMILES string of the molecule is Cc1ccc([N+](=O)[O-])cc1NC(=O)C(=O)NCCCc1ccc(N(C)C)cc1. The zero-order valence-corrected chi connectivity index (χ0v) is 16.2. The summed E-state index contributed by atoms with van der Waals surface area (Å²) in [4.78, 5) is 36.3. The van der Waals surface area contributed by atoms with E-state index < -0.39 is 16.7 Å². The van der Waals surface area contributed by atoms with Gasteiger partial charge in [-0.15, -0.1) is 0 Å². The van der Waals surface area contributed by atoms with Gasteiger partial charge in [0.25, 0.3) is 5.69 Å². The summed E-state index contributed by atoms with van der Waals surface area (Å²) in [5.74, 6) is -1.62. The van der Waals surface area contributed by atoms with E-state index in [1.165, 1.54) is 18.2 Å². The molecular weight excluding hydrogens is 360 g/mol. The van der Waals surface area contributed by atoms with Gasteiger partial charge in [0, 0.05) is 38.5 Å². The number of amides is 2. The van der Waals surface area contributed by atoms with Gasteiger partial charge in [0.1, 0.15) is 0 Å². The second kappa shape index (κ2) is 9.50. The molecule has 0 saturated carbocycles. The molecule has 0 saturated heterocycles. The molecule has 148 valence electrons. The van der Waals surface area contributed by atoms with Crippen LogP contribution in [0.3, 0.4) is 0 Å². The zero-order chi connectivity index (χ0) is 20.7. The number of carbonyl (C=O) groups excluding carboxylic acids is 2. The highest BCUT2D eigenvalue weighted by molar-refractivity contribution is 6.39. The Morgan fingerprint density at radius 1 is 1.07 bits per heavy atom. The molecule has 8 nitrogen and oxygen atoms in total. The Bertz CT molecular complexity index is 863. The highest BCUT2D eigenvalue weighted by Gasteiger charge is 2.16. The van der Waals surface area contributed by atoms with Gasteiger partial charge in [0.05, 0.1) is 10.6 Å². The molecule has 0 aliphatic carbocycles. The van der Waals surface area contributed by atoms with Gasteiger partial charge in [0.15, 0.2) is 0 Å². The van der Waals surface area contributed by atoms with Gasteiger partial charge in [-0.3, -0.25) is 19.7 Å². The number of non-ortho nitro benzene ring substituents is 1. The number of carbonyl (C=O) groups is 2. The van der Waals surface area contributed by atoms with Gasteiger partial charge >= 0.3 is 11.8 Å². The molecule has 0 fully saturated rings. The van der Waals surface area contributed by atoms with Gasteiger partial charge in [-0.1, -0.05) is 18.2 Å². The highest BCUT2D eigenvalue weighted by Crippen LogP contribution is 2.21. The summed E-state index contributed by atoms with van der Waals surface area (Å²) in [6, 6.07) is 12.2. The number of hydrogen-bond acceptors (Lipinski definition) is 5. The average molecular weight is 384 g/mol. The fourth-order valence-corrected chi connectivity index (χ4v) is 2.57. The molecule has 2 N–H and O–H groups in total. The number of anilines is 2. The van der Waals surface area contributed by atoms with Crippen LogP contribution >= 0.6 is 0 Å². The van der Waals surface area contributed by atoms with E-state index in [0.717, 1.165) is 17.7 Å². The minimum absolute atomic E-state index is 0.151. The van der Waals surface area contributed by atoms with Crippen molar-refractivity contribution in [1.82, 2.24) is 5.32 Å². The molecule has 0 radical (unpaired) electrons. The van der Waals surface area contributed by atoms with Crippen molar-refractivity contribution >= 4 is 28.9 Å². The lowest BCUT2D eigenvalue weighted by atomic mass is 10.1. The van der Waals surface area contributed by atoms with Crippen LogP contribution in [0, 0.1) is 17.0 Å². The van der Waals surface area contributed by atoms with Crippen LogP contribution in [0.4, 0.5) is 17.1 Å². The Morgan fingerprint density at radius 3 is 2.36 bits per heavy atom. The maximum Gasteiger partial charge on any atom is 0.313 e. The third-order valence-corrected chi connectivity index (χ3v) is 4.27. The van der Waals surface area contributed by atoms with E-state index in [4.69, 9.17) is 0 Å².